The highest BCUT2D eigenvalue weighted by Crippen LogP contribution is 2.42. The topological polar surface area (TPSA) is 57.0 Å². The summed E-state index contributed by atoms with van der Waals surface area (Å²) >= 11 is 0. The summed E-state index contributed by atoms with van der Waals surface area (Å²) in [5.41, 5.74) is 7.13. The smallest absolute Gasteiger partial charge is 0.231 e. The summed E-state index contributed by atoms with van der Waals surface area (Å²) in [5.74, 6) is 3.00. The fraction of sp³-hybridized carbons (Fsp3) is 0.625. The average Bonchev–Trinajstić information content (AvgIpc) is 2.96. The molecule has 3 rings (SSSR count). The standard InChI is InChI=1S/C16H24N2O3/c1-11-3-4-18(13(5-11)8-17)9-12-6-14(19-2)16-15(7-12)20-10-21-16/h6-7,11,13H,3-5,8-10,17H2,1-2H3. The molecule has 5 heteroatoms. The van der Waals surface area contributed by atoms with Crippen molar-refractivity contribution in [3.8, 4) is 17.2 Å². The quantitative estimate of drug-likeness (QED) is 0.919. The van der Waals surface area contributed by atoms with Gasteiger partial charge in [0.25, 0.3) is 0 Å². The first-order valence-corrected chi connectivity index (χ1v) is 7.62. The molecule has 0 amide bonds. The minimum Gasteiger partial charge on any atom is -0.493 e. The Kier molecular flexibility index (Phi) is 4.22. The van der Waals surface area contributed by atoms with Gasteiger partial charge in [0, 0.05) is 19.1 Å². The van der Waals surface area contributed by atoms with Crippen molar-refractivity contribution in [3.05, 3.63) is 17.7 Å². The first-order chi connectivity index (χ1) is 10.2. The van der Waals surface area contributed by atoms with Crippen molar-refractivity contribution in [3.63, 3.8) is 0 Å². The van der Waals surface area contributed by atoms with Gasteiger partial charge >= 0.3 is 0 Å². The Bertz CT molecular complexity index is 507. The van der Waals surface area contributed by atoms with Gasteiger partial charge in [0.05, 0.1) is 7.11 Å². The number of piperidine rings is 1. The molecule has 0 aromatic heterocycles. The van der Waals surface area contributed by atoms with E-state index in [0.717, 1.165) is 30.5 Å². The minimum atomic E-state index is 0.266. The highest BCUT2D eigenvalue weighted by molar-refractivity contribution is 5.55. The zero-order valence-corrected chi connectivity index (χ0v) is 12.8. The third-order valence-corrected chi connectivity index (χ3v) is 4.48. The number of hydrogen-bond donors (Lipinski definition) is 1. The van der Waals surface area contributed by atoms with Crippen molar-refractivity contribution in [2.24, 2.45) is 11.7 Å². The first kappa shape index (κ1) is 14.5. The van der Waals surface area contributed by atoms with E-state index in [1.807, 2.05) is 6.07 Å². The van der Waals surface area contributed by atoms with Crippen LogP contribution in [-0.4, -0.2) is 37.9 Å². The van der Waals surface area contributed by atoms with E-state index in [-0.39, 0.29) is 6.79 Å². The van der Waals surface area contributed by atoms with Gasteiger partial charge < -0.3 is 19.9 Å². The summed E-state index contributed by atoms with van der Waals surface area (Å²) in [4.78, 5) is 2.47. The van der Waals surface area contributed by atoms with Gasteiger partial charge in [-0.15, -0.1) is 0 Å². The van der Waals surface area contributed by atoms with E-state index in [1.165, 1.54) is 18.4 Å². The Labute approximate surface area is 126 Å². The Morgan fingerprint density at radius 1 is 1.38 bits per heavy atom. The Morgan fingerprint density at radius 2 is 2.24 bits per heavy atom. The van der Waals surface area contributed by atoms with Crippen LogP contribution in [0.5, 0.6) is 17.2 Å². The molecule has 2 heterocycles. The molecule has 1 aromatic carbocycles. The van der Waals surface area contributed by atoms with Crippen molar-refractivity contribution < 1.29 is 14.2 Å². The Hall–Kier alpha value is -1.46. The van der Waals surface area contributed by atoms with E-state index in [9.17, 15) is 0 Å². The monoisotopic (exact) mass is 292 g/mol. The number of nitrogens with zero attached hydrogens (tertiary/aromatic N) is 1. The molecule has 21 heavy (non-hydrogen) atoms. The molecule has 2 aliphatic rings. The highest BCUT2D eigenvalue weighted by Gasteiger charge is 2.26. The number of likely N-dealkylation sites (tertiary alicyclic amines) is 1. The van der Waals surface area contributed by atoms with Crippen LogP contribution in [-0.2, 0) is 6.54 Å². The van der Waals surface area contributed by atoms with E-state index in [2.05, 4.69) is 17.9 Å². The molecule has 2 aliphatic heterocycles. The predicted octanol–water partition coefficient (Wildman–Crippen LogP) is 1.98. The van der Waals surface area contributed by atoms with Crippen LogP contribution < -0.4 is 19.9 Å². The van der Waals surface area contributed by atoms with Crippen LogP contribution in [0.4, 0.5) is 0 Å². The summed E-state index contributed by atoms with van der Waals surface area (Å²) in [6.45, 7) is 5.26. The highest BCUT2D eigenvalue weighted by atomic mass is 16.7. The van der Waals surface area contributed by atoms with Gasteiger partial charge in [-0.25, -0.2) is 0 Å². The number of fused-ring (bicyclic) bond motifs is 1. The van der Waals surface area contributed by atoms with Crippen LogP contribution in [0.2, 0.25) is 0 Å². The van der Waals surface area contributed by atoms with Gasteiger partial charge in [-0.3, -0.25) is 4.90 Å². The maximum absolute atomic E-state index is 5.94. The van der Waals surface area contributed by atoms with Crippen molar-refractivity contribution in [2.45, 2.75) is 32.4 Å². The molecule has 0 bridgehead atoms. The van der Waals surface area contributed by atoms with Crippen LogP contribution in [0.3, 0.4) is 0 Å². The minimum absolute atomic E-state index is 0.266. The molecular weight excluding hydrogens is 268 g/mol. The molecule has 1 fully saturated rings. The lowest BCUT2D eigenvalue weighted by Crippen LogP contribution is -2.45. The number of nitrogens with two attached hydrogens (primary N) is 1. The van der Waals surface area contributed by atoms with Crippen molar-refractivity contribution in [1.82, 2.24) is 4.90 Å². The SMILES string of the molecule is COc1cc(CN2CCC(C)CC2CN)cc2c1OCO2. The van der Waals surface area contributed by atoms with Crippen molar-refractivity contribution in [2.75, 3.05) is 27.0 Å². The molecule has 2 atom stereocenters. The van der Waals surface area contributed by atoms with Gasteiger partial charge in [-0.1, -0.05) is 6.92 Å². The van der Waals surface area contributed by atoms with Gasteiger partial charge in [-0.05, 0) is 43.0 Å². The second kappa shape index (κ2) is 6.12. The maximum atomic E-state index is 5.94. The van der Waals surface area contributed by atoms with Crippen LogP contribution in [0.25, 0.3) is 0 Å². The second-order valence-corrected chi connectivity index (χ2v) is 6.02. The predicted molar refractivity (Wildman–Crippen MR) is 80.8 cm³/mol. The van der Waals surface area contributed by atoms with E-state index in [4.69, 9.17) is 19.9 Å². The third-order valence-electron chi connectivity index (χ3n) is 4.48. The van der Waals surface area contributed by atoms with Crippen LogP contribution in [0, 0.1) is 5.92 Å². The maximum Gasteiger partial charge on any atom is 0.231 e. The van der Waals surface area contributed by atoms with Gasteiger partial charge in [0.1, 0.15) is 0 Å². The van der Waals surface area contributed by atoms with E-state index in [0.29, 0.717) is 18.3 Å². The molecule has 0 radical (unpaired) electrons. The largest absolute Gasteiger partial charge is 0.493 e. The van der Waals surface area contributed by atoms with E-state index in [1.54, 1.807) is 7.11 Å². The fourth-order valence-electron chi connectivity index (χ4n) is 3.26. The molecule has 2 N–H and O–H groups in total. The Balaban J connectivity index is 1.78. The summed E-state index contributed by atoms with van der Waals surface area (Å²) in [5, 5.41) is 0. The van der Waals surface area contributed by atoms with Crippen molar-refractivity contribution in [1.29, 1.82) is 0 Å². The lowest BCUT2D eigenvalue weighted by atomic mass is 9.92. The second-order valence-electron chi connectivity index (χ2n) is 6.02. The molecule has 0 aliphatic carbocycles. The number of benzene rings is 1. The molecule has 0 saturated carbocycles. The zero-order valence-electron chi connectivity index (χ0n) is 12.8. The molecule has 5 nitrogen and oxygen atoms in total. The molecule has 1 saturated heterocycles. The van der Waals surface area contributed by atoms with Crippen LogP contribution in [0.15, 0.2) is 12.1 Å². The third kappa shape index (κ3) is 2.94. The summed E-state index contributed by atoms with van der Waals surface area (Å²) in [6, 6.07) is 4.56. The number of ether oxygens (including phenoxy) is 3. The van der Waals surface area contributed by atoms with Crippen molar-refractivity contribution >= 4 is 0 Å². The summed E-state index contributed by atoms with van der Waals surface area (Å²) in [6.07, 6.45) is 2.41. The summed E-state index contributed by atoms with van der Waals surface area (Å²) < 4.78 is 16.3. The van der Waals surface area contributed by atoms with Gasteiger partial charge in [-0.2, -0.15) is 0 Å². The van der Waals surface area contributed by atoms with E-state index < -0.39 is 0 Å². The summed E-state index contributed by atoms with van der Waals surface area (Å²) in [7, 11) is 1.66. The Morgan fingerprint density at radius 3 is 3.00 bits per heavy atom. The zero-order chi connectivity index (χ0) is 14.8. The fourth-order valence-corrected chi connectivity index (χ4v) is 3.26. The molecule has 116 valence electrons. The molecule has 2 unspecified atom stereocenters. The molecule has 0 spiro atoms. The van der Waals surface area contributed by atoms with Crippen LogP contribution in [0.1, 0.15) is 25.3 Å². The lowest BCUT2D eigenvalue weighted by molar-refractivity contribution is 0.115. The van der Waals surface area contributed by atoms with Crippen LogP contribution >= 0.6 is 0 Å². The number of rotatable bonds is 4. The average molecular weight is 292 g/mol. The first-order valence-electron chi connectivity index (χ1n) is 7.62. The van der Waals surface area contributed by atoms with Gasteiger partial charge in [0.15, 0.2) is 11.5 Å². The van der Waals surface area contributed by atoms with E-state index >= 15 is 0 Å². The van der Waals surface area contributed by atoms with Gasteiger partial charge in [0.2, 0.25) is 12.5 Å². The number of methoxy groups -OCH3 is 1. The number of hydrogen-bond acceptors (Lipinski definition) is 5. The molecule has 1 aromatic rings. The lowest BCUT2D eigenvalue weighted by Gasteiger charge is -2.38. The normalized spacial score (nSPS) is 25.1. The molecular formula is C16H24N2O3.